The molecule has 1 aliphatic rings. The van der Waals surface area contributed by atoms with Crippen LogP contribution in [0.1, 0.15) is 40.0 Å². The summed E-state index contributed by atoms with van der Waals surface area (Å²) in [7, 11) is 0. The van der Waals surface area contributed by atoms with Crippen LogP contribution in [0.5, 0.6) is 0 Å². The van der Waals surface area contributed by atoms with Crippen LogP contribution in [0.15, 0.2) is 0 Å². The molecule has 1 fully saturated rings. The molecule has 1 unspecified atom stereocenters. The minimum Gasteiger partial charge on any atom is -0.390 e. The fourth-order valence-corrected chi connectivity index (χ4v) is 2.18. The zero-order chi connectivity index (χ0) is 9.90. The van der Waals surface area contributed by atoms with Gasteiger partial charge in [-0.1, -0.05) is 6.92 Å². The van der Waals surface area contributed by atoms with Crippen LogP contribution in [0.25, 0.3) is 0 Å². The number of likely N-dealkylation sites (tertiary alicyclic amines) is 1. The number of rotatable bonds is 2. The van der Waals surface area contributed by atoms with Gasteiger partial charge in [0.1, 0.15) is 0 Å². The molecule has 2 nitrogen and oxygen atoms in total. The number of hydrogen-bond acceptors (Lipinski definition) is 2. The van der Waals surface area contributed by atoms with Gasteiger partial charge in [0, 0.05) is 0 Å². The van der Waals surface area contributed by atoms with Gasteiger partial charge < -0.3 is 10.0 Å². The Balaban J connectivity index is 2.45. The lowest BCUT2D eigenvalue weighted by Crippen LogP contribution is -2.32. The SMILES string of the molecule is CCN1CCCC(C(C)(C)O)CC1. The minimum absolute atomic E-state index is 0.482. The molecule has 2 heteroatoms. The van der Waals surface area contributed by atoms with E-state index in [9.17, 15) is 5.11 Å². The first kappa shape index (κ1) is 11.0. The molecule has 1 rings (SSSR count). The summed E-state index contributed by atoms with van der Waals surface area (Å²) in [4.78, 5) is 2.48. The van der Waals surface area contributed by atoms with Gasteiger partial charge in [0.25, 0.3) is 0 Å². The molecule has 0 aromatic rings. The average molecular weight is 185 g/mol. The Morgan fingerprint density at radius 1 is 1.31 bits per heavy atom. The fraction of sp³-hybridized carbons (Fsp3) is 1.00. The van der Waals surface area contributed by atoms with Crippen LogP contribution in [-0.2, 0) is 0 Å². The van der Waals surface area contributed by atoms with Gasteiger partial charge in [0.05, 0.1) is 5.60 Å². The summed E-state index contributed by atoms with van der Waals surface area (Å²) < 4.78 is 0. The number of nitrogens with zero attached hydrogens (tertiary/aromatic N) is 1. The summed E-state index contributed by atoms with van der Waals surface area (Å²) >= 11 is 0. The lowest BCUT2D eigenvalue weighted by atomic mass is 9.85. The van der Waals surface area contributed by atoms with Crippen molar-refractivity contribution in [3.8, 4) is 0 Å². The third-order valence-corrected chi connectivity index (χ3v) is 3.27. The molecule has 0 bridgehead atoms. The Bertz CT molecular complexity index is 151. The Labute approximate surface area is 81.9 Å². The summed E-state index contributed by atoms with van der Waals surface area (Å²) in [6, 6.07) is 0. The van der Waals surface area contributed by atoms with E-state index in [1.54, 1.807) is 0 Å². The quantitative estimate of drug-likeness (QED) is 0.710. The van der Waals surface area contributed by atoms with Gasteiger partial charge in [-0.15, -0.1) is 0 Å². The zero-order valence-corrected chi connectivity index (χ0v) is 9.21. The van der Waals surface area contributed by atoms with E-state index in [2.05, 4.69) is 11.8 Å². The van der Waals surface area contributed by atoms with Crippen LogP contribution in [0.2, 0.25) is 0 Å². The highest BCUT2D eigenvalue weighted by Crippen LogP contribution is 2.27. The molecule has 1 heterocycles. The van der Waals surface area contributed by atoms with E-state index in [1.165, 1.54) is 19.4 Å². The summed E-state index contributed by atoms with van der Waals surface area (Å²) in [6.07, 6.45) is 3.57. The van der Waals surface area contributed by atoms with E-state index in [0.717, 1.165) is 19.5 Å². The maximum absolute atomic E-state index is 9.91. The zero-order valence-electron chi connectivity index (χ0n) is 9.21. The molecular weight excluding hydrogens is 162 g/mol. The van der Waals surface area contributed by atoms with Crippen molar-refractivity contribution in [3.05, 3.63) is 0 Å². The molecule has 0 amide bonds. The summed E-state index contributed by atoms with van der Waals surface area (Å²) in [5, 5.41) is 9.91. The lowest BCUT2D eigenvalue weighted by molar-refractivity contribution is 0.0107. The lowest BCUT2D eigenvalue weighted by Gasteiger charge is -2.28. The van der Waals surface area contributed by atoms with Crippen molar-refractivity contribution in [2.24, 2.45) is 5.92 Å². The molecule has 0 aliphatic carbocycles. The van der Waals surface area contributed by atoms with E-state index in [1.807, 2.05) is 13.8 Å². The van der Waals surface area contributed by atoms with E-state index in [-0.39, 0.29) is 0 Å². The van der Waals surface area contributed by atoms with E-state index < -0.39 is 5.60 Å². The molecule has 1 atom stereocenters. The van der Waals surface area contributed by atoms with Gasteiger partial charge in [0.2, 0.25) is 0 Å². The number of hydrogen-bond donors (Lipinski definition) is 1. The second-order valence-corrected chi connectivity index (χ2v) is 4.72. The third kappa shape index (κ3) is 3.28. The van der Waals surface area contributed by atoms with Crippen LogP contribution in [-0.4, -0.2) is 35.2 Å². The van der Waals surface area contributed by atoms with Crippen LogP contribution < -0.4 is 0 Å². The first-order valence-electron chi connectivity index (χ1n) is 5.48. The van der Waals surface area contributed by atoms with Crippen molar-refractivity contribution in [1.82, 2.24) is 4.90 Å². The first-order chi connectivity index (χ1) is 6.04. The highest BCUT2D eigenvalue weighted by molar-refractivity contribution is 4.80. The van der Waals surface area contributed by atoms with Crippen LogP contribution in [0, 0.1) is 5.92 Å². The maximum atomic E-state index is 9.91. The Kier molecular flexibility index (Phi) is 3.74. The standard InChI is InChI=1S/C11H23NO/c1-4-12-8-5-6-10(7-9-12)11(2,3)13/h10,13H,4-9H2,1-3H3. The molecule has 0 radical (unpaired) electrons. The summed E-state index contributed by atoms with van der Waals surface area (Å²) in [5.74, 6) is 0.490. The van der Waals surface area contributed by atoms with Gasteiger partial charge >= 0.3 is 0 Å². The first-order valence-corrected chi connectivity index (χ1v) is 5.48. The predicted octanol–water partition coefficient (Wildman–Crippen LogP) is 1.88. The largest absolute Gasteiger partial charge is 0.390 e. The van der Waals surface area contributed by atoms with Crippen molar-refractivity contribution in [1.29, 1.82) is 0 Å². The van der Waals surface area contributed by atoms with Crippen molar-refractivity contribution in [2.45, 2.75) is 45.6 Å². The van der Waals surface area contributed by atoms with Gasteiger partial charge in [0.15, 0.2) is 0 Å². The second-order valence-electron chi connectivity index (χ2n) is 4.72. The maximum Gasteiger partial charge on any atom is 0.0620 e. The van der Waals surface area contributed by atoms with Gasteiger partial charge in [-0.05, 0) is 58.7 Å². The monoisotopic (exact) mass is 185 g/mol. The molecule has 1 aliphatic heterocycles. The normalized spacial score (nSPS) is 27.2. The second kappa shape index (κ2) is 4.43. The van der Waals surface area contributed by atoms with E-state index in [4.69, 9.17) is 0 Å². The van der Waals surface area contributed by atoms with Gasteiger partial charge in [-0.3, -0.25) is 0 Å². The van der Waals surface area contributed by atoms with Gasteiger partial charge in [-0.25, -0.2) is 0 Å². The van der Waals surface area contributed by atoms with Crippen LogP contribution in [0.4, 0.5) is 0 Å². The fourth-order valence-electron chi connectivity index (χ4n) is 2.18. The van der Waals surface area contributed by atoms with Crippen molar-refractivity contribution in [2.75, 3.05) is 19.6 Å². The Hall–Kier alpha value is -0.0800. The van der Waals surface area contributed by atoms with E-state index in [0.29, 0.717) is 5.92 Å². The predicted molar refractivity (Wildman–Crippen MR) is 55.8 cm³/mol. The van der Waals surface area contributed by atoms with Crippen molar-refractivity contribution >= 4 is 0 Å². The molecule has 78 valence electrons. The number of aliphatic hydroxyl groups is 1. The highest BCUT2D eigenvalue weighted by atomic mass is 16.3. The Morgan fingerprint density at radius 2 is 2.00 bits per heavy atom. The topological polar surface area (TPSA) is 23.5 Å². The minimum atomic E-state index is -0.482. The van der Waals surface area contributed by atoms with E-state index >= 15 is 0 Å². The molecule has 1 N–H and O–H groups in total. The molecule has 0 spiro atoms. The highest BCUT2D eigenvalue weighted by Gasteiger charge is 2.28. The molecule has 0 saturated carbocycles. The van der Waals surface area contributed by atoms with Crippen LogP contribution in [0.3, 0.4) is 0 Å². The van der Waals surface area contributed by atoms with Crippen molar-refractivity contribution < 1.29 is 5.11 Å². The molecular formula is C11H23NO. The molecule has 0 aromatic carbocycles. The summed E-state index contributed by atoms with van der Waals surface area (Å²) in [5.41, 5.74) is -0.482. The molecule has 13 heavy (non-hydrogen) atoms. The average Bonchev–Trinajstić information content (AvgIpc) is 2.26. The Morgan fingerprint density at radius 3 is 2.54 bits per heavy atom. The van der Waals surface area contributed by atoms with Gasteiger partial charge in [-0.2, -0.15) is 0 Å². The van der Waals surface area contributed by atoms with Crippen molar-refractivity contribution in [3.63, 3.8) is 0 Å². The molecule has 0 aromatic heterocycles. The molecule has 1 saturated heterocycles. The smallest absolute Gasteiger partial charge is 0.0620 e. The van der Waals surface area contributed by atoms with Crippen LogP contribution >= 0.6 is 0 Å². The summed E-state index contributed by atoms with van der Waals surface area (Å²) in [6.45, 7) is 9.62. The third-order valence-electron chi connectivity index (χ3n) is 3.27.